The number of hydrogen-bond donors (Lipinski definition) is 3. The largest absolute Gasteiger partial charge is 0.481 e. The van der Waals surface area contributed by atoms with Crippen LogP contribution < -0.4 is 11.1 Å². The number of aliphatic carboxylic acids is 1. The zero-order chi connectivity index (χ0) is 31.2. The molecule has 41 heavy (non-hydrogen) atoms. The molecule has 2 aliphatic heterocycles. The van der Waals surface area contributed by atoms with Gasteiger partial charge < -0.3 is 35.4 Å². The molecule has 0 radical (unpaired) electrons. The van der Waals surface area contributed by atoms with Crippen molar-refractivity contribution in [2.45, 2.75) is 130 Å². The first-order valence-electron chi connectivity index (χ1n) is 15.0. The predicted octanol–water partition coefficient (Wildman–Crippen LogP) is 4.52. The first-order chi connectivity index (χ1) is 18.7. The second-order valence-corrected chi connectivity index (χ2v) is 14.5. The van der Waals surface area contributed by atoms with Crippen LogP contribution in [0.2, 0.25) is 0 Å². The van der Waals surface area contributed by atoms with Crippen molar-refractivity contribution in [3.8, 4) is 0 Å². The van der Waals surface area contributed by atoms with Gasteiger partial charge in [-0.1, -0.05) is 19.8 Å². The van der Waals surface area contributed by atoms with Gasteiger partial charge in [-0.3, -0.25) is 9.59 Å². The lowest BCUT2D eigenvalue weighted by atomic mass is 9.70. The van der Waals surface area contributed by atoms with E-state index in [1.807, 2.05) is 48.5 Å². The molecule has 2 heterocycles. The second-order valence-electron chi connectivity index (χ2n) is 14.5. The summed E-state index contributed by atoms with van der Waals surface area (Å²) in [5.41, 5.74) is 4.25. The monoisotopic (exact) mass is 582 g/mol. The van der Waals surface area contributed by atoms with Gasteiger partial charge in [0.05, 0.1) is 5.41 Å². The molecule has 3 amide bonds. The maximum Gasteiger partial charge on any atom is 0.410 e. The summed E-state index contributed by atoms with van der Waals surface area (Å²) < 4.78 is 10.6. The van der Waals surface area contributed by atoms with Crippen molar-refractivity contribution in [1.29, 1.82) is 0 Å². The number of carbonyl (C=O) groups is 4. The Bertz CT molecular complexity index is 932. The van der Waals surface area contributed by atoms with E-state index in [2.05, 4.69) is 5.32 Å². The predicted molar refractivity (Wildman–Crippen MR) is 156 cm³/mol. The molecule has 2 saturated carbocycles. The van der Waals surface area contributed by atoms with Gasteiger partial charge >= 0.3 is 18.2 Å². The second kappa shape index (κ2) is 13.6. The zero-order valence-corrected chi connectivity index (χ0v) is 26.5. The highest BCUT2D eigenvalue weighted by molar-refractivity contribution is 5.83. The van der Waals surface area contributed by atoms with Crippen LogP contribution in [0.3, 0.4) is 0 Å². The van der Waals surface area contributed by atoms with Crippen LogP contribution >= 0.6 is 0 Å². The summed E-state index contributed by atoms with van der Waals surface area (Å²) in [4.78, 5) is 49.2. The Morgan fingerprint density at radius 1 is 0.780 bits per heavy atom. The number of carbonyl (C=O) groups excluding carboxylic acids is 3. The van der Waals surface area contributed by atoms with E-state index in [1.54, 1.807) is 16.7 Å². The number of nitrogens with zero attached hydrogens (tertiary/aromatic N) is 2. The van der Waals surface area contributed by atoms with E-state index in [1.165, 1.54) is 0 Å². The number of ether oxygens (including phenoxy) is 2. The molecule has 4 fully saturated rings. The highest BCUT2D eigenvalue weighted by atomic mass is 16.6. The van der Waals surface area contributed by atoms with E-state index in [0.29, 0.717) is 19.6 Å². The number of amides is 3. The van der Waals surface area contributed by atoms with Gasteiger partial charge in [-0.15, -0.1) is 0 Å². The minimum absolute atomic E-state index is 0.0624. The van der Waals surface area contributed by atoms with Crippen LogP contribution in [0.1, 0.15) is 107 Å². The lowest BCUT2D eigenvalue weighted by Gasteiger charge is -2.37. The van der Waals surface area contributed by atoms with Gasteiger partial charge in [-0.25, -0.2) is 9.59 Å². The van der Waals surface area contributed by atoms with Crippen LogP contribution in [0.4, 0.5) is 9.59 Å². The molecule has 0 spiro atoms. The van der Waals surface area contributed by atoms with E-state index in [0.717, 1.165) is 57.9 Å². The third kappa shape index (κ3) is 11.0. The molecule has 0 aromatic rings. The molecule has 236 valence electrons. The van der Waals surface area contributed by atoms with E-state index >= 15 is 0 Å². The van der Waals surface area contributed by atoms with Crippen molar-refractivity contribution in [2.24, 2.45) is 16.6 Å². The average molecular weight is 583 g/mol. The molecule has 11 nitrogen and oxygen atoms in total. The Morgan fingerprint density at radius 3 is 1.54 bits per heavy atom. The Hall–Kier alpha value is -2.56. The highest BCUT2D eigenvalue weighted by Gasteiger charge is 2.41. The summed E-state index contributed by atoms with van der Waals surface area (Å²) >= 11 is 0. The topological polar surface area (TPSA) is 152 Å². The van der Waals surface area contributed by atoms with E-state index in [9.17, 15) is 19.2 Å². The fourth-order valence-corrected chi connectivity index (χ4v) is 4.86. The fourth-order valence-electron chi connectivity index (χ4n) is 4.86. The van der Waals surface area contributed by atoms with Crippen molar-refractivity contribution in [2.75, 3.05) is 26.2 Å². The summed E-state index contributed by atoms with van der Waals surface area (Å²) in [6.07, 6.45) is 7.04. The Labute approximate surface area is 245 Å². The van der Waals surface area contributed by atoms with Gasteiger partial charge in [0.1, 0.15) is 11.2 Å². The minimum atomic E-state index is -0.635. The first kappa shape index (κ1) is 34.6. The van der Waals surface area contributed by atoms with Crippen LogP contribution in [-0.2, 0) is 19.1 Å². The Kier molecular flexibility index (Phi) is 11.5. The van der Waals surface area contributed by atoms with Gasteiger partial charge in [0, 0.05) is 43.7 Å². The van der Waals surface area contributed by atoms with E-state index < -0.39 is 17.2 Å². The van der Waals surface area contributed by atoms with Crippen molar-refractivity contribution in [3.05, 3.63) is 0 Å². The molecule has 2 saturated heterocycles. The molecule has 11 heteroatoms. The molecule has 4 N–H and O–H groups in total. The molecular weight excluding hydrogens is 528 g/mol. The smallest absolute Gasteiger partial charge is 0.410 e. The summed E-state index contributed by atoms with van der Waals surface area (Å²) in [5, 5.41) is 11.6. The third-order valence-electron chi connectivity index (χ3n) is 8.03. The average Bonchev–Trinajstić information content (AvgIpc) is 3.43. The highest BCUT2D eigenvalue weighted by Crippen LogP contribution is 2.41. The van der Waals surface area contributed by atoms with Crippen molar-refractivity contribution >= 4 is 24.1 Å². The Morgan fingerprint density at radius 2 is 1.22 bits per heavy atom. The molecule has 2 aliphatic carbocycles. The summed E-state index contributed by atoms with van der Waals surface area (Å²) in [7, 11) is 0. The van der Waals surface area contributed by atoms with Crippen LogP contribution in [0.5, 0.6) is 0 Å². The SMILES string of the molecule is CC(C)(C)OC(=O)N1CC[C@H](N)C1.CC(C)(C)OC(=O)N1CC[C@H](NC(=O)C2(C)CCC2)C1.CC1(C(=O)O)CCC1. The van der Waals surface area contributed by atoms with Crippen LogP contribution in [0.15, 0.2) is 0 Å². The summed E-state index contributed by atoms with van der Waals surface area (Å²) in [6, 6.07) is 0.181. The molecule has 4 aliphatic rings. The number of nitrogens with two attached hydrogens (primary N) is 1. The van der Waals surface area contributed by atoms with Crippen molar-refractivity contribution < 1.29 is 33.8 Å². The number of rotatable bonds is 3. The fraction of sp³-hybridized carbons (Fsp3) is 0.867. The lowest BCUT2D eigenvalue weighted by Crippen LogP contribution is -2.48. The number of likely N-dealkylation sites (tertiary alicyclic amines) is 2. The standard InChI is InChI=1S/C15H26N2O3.C9H18N2O2.C6H10O2/c1-14(2,3)20-13(19)17-9-6-11(10-17)16-12(18)15(4)7-5-8-15;1-9(2,3)13-8(12)11-5-4-7(10)6-11;1-6(5(7)8)3-2-4-6/h11H,5-10H2,1-4H3,(H,16,18);7H,4-6,10H2,1-3H3;2-4H2,1H3,(H,7,8)/t11-;7-;/m00./s1. The quantitative estimate of drug-likeness (QED) is 0.439. The molecular formula is C30H54N4O7. The molecule has 4 rings (SSSR count). The summed E-state index contributed by atoms with van der Waals surface area (Å²) in [6.45, 7) is 17.5. The van der Waals surface area contributed by atoms with Crippen molar-refractivity contribution in [3.63, 3.8) is 0 Å². The molecule has 0 aromatic carbocycles. The van der Waals surface area contributed by atoms with Crippen LogP contribution in [0, 0.1) is 10.8 Å². The Balaban J connectivity index is 0.000000239. The summed E-state index contributed by atoms with van der Waals surface area (Å²) in [5.74, 6) is -0.497. The maximum atomic E-state index is 12.2. The van der Waals surface area contributed by atoms with E-state index in [4.69, 9.17) is 20.3 Å². The maximum absolute atomic E-state index is 12.2. The van der Waals surface area contributed by atoms with Gasteiger partial charge in [0.15, 0.2) is 0 Å². The van der Waals surface area contributed by atoms with Gasteiger partial charge in [0.25, 0.3) is 0 Å². The number of carboxylic acids is 1. The molecule has 0 bridgehead atoms. The van der Waals surface area contributed by atoms with Crippen LogP contribution in [-0.4, -0.2) is 88.4 Å². The number of nitrogens with one attached hydrogen (secondary N) is 1. The number of hydrogen-bond acceptors (Lipinski definition) is 7. The normalized spacial score (nSPS) is 24.3. The minimum Gasteiger partial charge on any atom is -0.481 e. The van der Waals surface area contributed by atoms with Crippen LogP contribution in [0.25, 0.3) is 0 Å². The van der Waals surface area contributed by atoms with Crippen molar-refractivity contribution in [1.82, 2.24) is 15.1 Å². The van der Waals surface area contributed by atoms with Gasteiger partial charge in [-0.2, -0.15) is 0 Å². The molecule has 2 atom stereocenters. The first-order valence-corrected chi connectivity index (χ1v) is 15.0. The third-order valence-corrected chi connectivity index (χ3v) is 8.03. The van der Waals surface area contributed by atoms with Gasteiger partial charge in [-0.05, 0) is 87.0 Å². The zero-order valence-electron chi connectivity index (χ0n) is 26.5. The number of carboxylic acid groups (broad SMARTS) is 1. The lowest BCUT2D eigenvalue weighted by molar-refractivity contribution is -0.152. The molecule has 0 unspecified atom stereocenters. The molecule has 0 aromatic heterocycles. The van der Waals surface area contributed by atoms with Gasteiger partial charge in [0.2, 0.25) is 5.91 Å². The van der Waals surface area contributed by atoms with E-state index in [-0.39, 0.29) is 41.0 Å².